The molecule has 4 heterocycles. The van der Waals surface area contributed by atoms with Crippen LogP contribution in [0.1, 0.15) is 107 Å². The molecule has 0 radical (unpaired) electrons. The molecule has 57 heavy (non-hydrogen) atoms. The summed E-state index contributed by atoms with van der Waals surface area (Å²) < 4.78 is 7.94. The lowest BCUT2D eigenvalue weighted by atomic mass is 9.83. The van der Waals surface area contributed by atoms with E-state index in [1.165, 1.54) is 4.88 Å². The number of Topliss-reactive ketones (excluding diaryl/α,β-unsaturated/α-hetero) is 1. The van der Waals surface area contributed by atoms with Gasteiger partial charge >= 0.3 is 0 Å². The Bertz CT molecular complexity index is 2250. The third-order valence-corrected chi connectivity index (χ3v) is 12.5. The fourth-order valence-electron chi connectivity index (χ4n) is 7.88. The van der Waals surface area contributed by atoms with E-state index in [1.54, 1.807) is 29.5 Å². The number of aryl methyl sites for hydroxylation is 2. The first kappa shape index (κ1) is 40.0. The molecule has 3 atom stereocenters. The van der Waals surface area contributed by atoms with Gasteiger partial charge in [0, 0.05) is 63.5 Å². The number of halogens is 1. The van der Waals surface area contributed by atoms with E-state index >= 15 is 0 Å². The summed E-state index contributed by atoms with van der Waals surface area (Å²) in [5.41, 5.74) is 5.17. The highest BCUT2D eigenvalue weighted by Crippen LogP contribution is 2.40. The number of nitrogens with zero attached hydrogens (tertiary/aromatic N) is 4. The maximum absolute atomic E-state index is 13.6. The number of piperidine rings is 1. The third kappa shape index (κ3) is 8.86. The van der Waals surface area contributed by atoms with E-state index in [0.29, 0.717) is 73.8 Å². The van der Waals surface area contributed by atoms with Gasteiger partial charge in [0.15, 0.2) is 18.2 Å². The molecule has 1 saturated heterocycles. The molecular formula is C42H46ClN7O6S. The van der Waals surface area contributed by atoms with Gasteiger partial charge in [-0.2, -0.15) is 0 Å². The van der Waals surface area contributed by atoms with E-state index in [-0.39, 0.29) is 60.7 Å². The molecule has 3 N–H and O–H groups in total. The first-order valence-corrected chi connectivity index (χ1v) is 20.7. The van der Waals surface area contributed by atoms with Crippen LogP contribution in [0, 0.1) is 32.6 Å². The number of ketones is 1. The maximum atomic E-state index is 13.6. The van der Waals surface area contributed by atoms with Crippen molar-refractivity contribution in [3.8, 4) is 10.8 Å². The quantitative estimate of drug-likeness (QED) is 0.0856. The number of ether oxygens (including phenoxy) is 1. The number of benzene rings is 2. The van der Waals surface area contributed by atoms with Crippen LogP contribution in [0.5, 0.6) is 5.75 Å². The monoisotopic (exact) mass is 811 g/mol. The lowest BCUT2D eigenvalue weighted by molar-refractivity contribution is -0.136. The molecule has 2 aromatic heterocycles. The number of carbonyl (C=O) groups is 5. The zero-order valence-electron chi connectivity index (χ0n) is 32.3. The van der Waals surface area contributed by atoms with Crippen LogP contribution < -0.4 is 20.7 Å². The average Bonchev–Trinajstić information content (AvgIpc) is 3.60. The normalized spacial score (nSPS) is 19.0. The molecule has 4 amide bonds. The maximum Gasteiger partial charge on any atom is 0.257 e. The van der Waals surface area contributed by atoms with Crippen molar-refractivity contribution in [1.29, 1.82) is 0 Å². The lowest BCUT2D eigenvalue weighted by Gasteiger charge is -2.24. The van der Waals surface area contributed by atoms with Crippen LogP contribution in [0.2, 0.25) is 5.02 Å². The summed E-state index contributed by atoms with van der Waals surface area (Å²) >= 11 is 7.88. The first-order chi connectivity index (χ1) is 27.5. The Morgan fingerprint density at radius 1 is 0.947 bits per heavy atom. The van der Waals surface area contributed by atoms with Crippen molar-refractivity contribution in [2.75, 3.05) is 19.7 Å². The van der Waals surface area contributed by atoms with Gasteiger partial charge in [0.05, 0.1) is 12.1 Å². The van der Waals surface area contributed by atoms with Gasteiger partial charge in [0.1, 0.15) is 22.6 Å². The topological polar surface area (TPSA) is 174 Å². The van der Waals surface area contributed by atoms with Gasteiger partial charge in [-0.05, 0) is 89.5 Å². The molecule has 13 nitrogen and oxygen atoms in total. The average molecular weight is 812 g/mol. The smallest absolute Gasteiger partial charge is 0.257 e. The molecule has 298 valence electrons. The largest absolute Gasteiger partial charge is 0.483 e. The van der Waals surface area contributed by atoms with Crippen molar-refractivity contribution < 1.29 is 28.7 Å². The molecule has 1 aliphatic carbocycles. The summed E-state index contributed by atoms with van der Waals surface area (Å²) in [5, 5.41) is 18.7. The highest BCUT2D eigenvalue weighted by molar-refractivity contribution is 7.15. The van der Waals surface area contributed by atoms with Crippen LogP contribution in [0.25, 0.3) is 5.00 Å². The van der Waals surface area contributed by atoms with Crippen molar-refractivity contribution in [2.45, 2.75) is 84.6 Å². The number of thiophene rings is 1. The highest BCUT2D eigenvalue weighted by atomic mass is 35.5. The van der Waals surface area contributed by atoms with Gasteiger partial charge in [-0.3, -0.25) is 38.8 Å². The number of fused-ring (bicyclic) bond motifs is 4. The summed E-state index contributed by atoms with van der Waals surface area (Å²) in [5.74, 6) is 0.139. The second kappa shape index (κ2) is 17.5. The minimum Gasteiger partial charge on any atom is -0.483 e. The molecule has 7 rings (SSSR count). The van der Waals surface area contributed by atoms with E-state index in [4.69, 9.17) is 21.3 Å². The third-order valence-electron chi connectivity index (χ3n) is 11.0. The van der Waals surface area contributed by atoms with Crippen molar-refractivity contribution in [1.82, 2.24) is 30.7 Å². The minimum atomic E-state index is -0.563. The van der Waals surface area contributed by atoms with Crippen LogP contribution in [0.3, 0.4) is 0 Å². The zero-order chi connectivity index (χ0) is 40.2. The fraction of sp³-hybridized carbons (Fsp3) is 0.429. The van der Waals surface area contributed by atoms with E-state index in [9.17, 15) is 24.0 Å². The Labute approximate surface area is 340 Å². The lowest BCUT2D eigenvalue weighted by Crippen LogP contribution is -2.41. The summed E-state index contributed by atoms with van der Waals surface area (Å²) in [7, 11) is 0. The highest BCUT2D eigenvalue weighted by Gasteiger charge is 2.35. The Balaban J connectivity index is 0.887. The molecule has 4 aromatic rings. The zero-order valence-corrected chi connectivity index (χ0v) is 33.9. The summed E-state index contributed by atoms with van der Waals surface area (Å²) in [6.07, 6.45) is 4.55. The Hall–Kier alpha value is -5.21. The van der Waals surface area contributed by atoms with Gasteiger partial charge in [-0.1, -0.05) is 35.9 Å². The van der Waals surface area contributed by atoms with Crippen LogP contribution >= 0.6 is 22.9 Å². The number of imide groups is 1. The number of rotatable bonds is 13. The number of aromatic nitrogens is 3. The van der Waals surface area contributed by atoms with Gasteiger partial charge in [0.25, 0.3) is 5.91 Å². The number of carbonyl (C=O) groups excluding carboxylic acids is 5. The van der Waals surface area contributed by atoms with Crippen LogP contribution in [0.4, 0.5) is 0 Å². The molecule has 2 unspecified atom stereocenters. The van der Waals surface area contributed by atoms with E-state index in [0.717, 1.165) is 45.2 Å². The Morgan fingerprint density at radius 3 is 2.46 bits per heavy atom. The van der Waals surface area contributed by atoms with Gasteiger partial charge < -0.3 is 15.4 Å². The molecule has 2 aliphatic heterocycles. The predicted octanol–water partition coefficient (Wildman–Crippen LogP) is 5.86. The predicted molar refractivity (Wildman–Crippen MR) is 216 cm³/mol. The first-order valence-electron chi connectivity index (χ1n) is 19.5. The number of amides is 4. The molecule has 1 fully saturated rings. The van der Waals surface area contributed by atoms with Gasteiger partial charge in [0.2, 0.25) is 17.7 Å². The Morgan fingerprint density at radius 2 is 1.70 bits per heavy atom. The number of nitrogens with one attached hydrogen (secondary N) is 3. The second-order valence-electron chi connectivity index (χ2n) is 14.9. The SMILES string of the molecule is Cc1sc2c(c1C)C(c1ccc(Cl)cc1)=N[C@@H](CC(=O)NCCCCNC(=O)COc1cccc3c1CCCC(CC1CCC(=O)NC1=O)C3=O)c1nnc(C)n1-2. The molecule has 0 saturated carbocycles. The van der Waals surface area contributed by atoms with E-state index in [2.05, 4.69) is 40.0 Å². The Kier molecular flexibility index (Phi) is 12.3. The van der Waals surface area contributed by atoms with Crippen LogP contribution in [-0.2, 0) is 25.6 Å². The minimum absolute atomic E-state index is 0.0285. The van der Waals surface area contributed by atoms with E-state index in [1.807, 2.05) is 35.8 Å². The molecule has 2 aromatic carbocycles. The number of aliphatic imine (C=N–C) groups is 1. The van der Waals surface area contributed by atoms with Gasteiger partial charge in [-0.25, -0.2) is 0 Å². The van der Waals surface area contributed by atoms with E-state index < -0.39 is 6.04 Å². The van der Waals surface area contributed by atoms with Crippen LogP contribution in [0.15, 0.2) is 47.5 Å². The standard InChI is InChI=1S/C42H46ClN7O6S/c1-23-24(2)57-42-37(23)38(26-12-15-29(43)16-13-26)46-32(40-49-48-25(3)50(40)42)21-35(52)44-18-4-5-19-45-36(53)22-56-33-11-7-10-31-30(33)9-6-8-27(39(31)54)20-28-14-17-34(51)47-41(28)55/h7,10-13,15-16,27-28,32H,4-6,8-9,14,17-22H2,1-3H3,(H,44,52)(H,45,53)(H,47,51,55)/t27?,28?,32-/m0/s1. The summed E-state index contributed by atoms with van der Waals surface area (Å²) in [6.45, 7) is 6.72. The molecule has 0 spiro atoms. The number of hydrogen-bond donors (Lipinski definition) is 3. The second-order valence-corrected chi connectivity index (χ2v) is 16.6. The number of hydrogen-bond acceptors (Lipinski definition) is 10. The molecular weight excluding hydrogens is 766 g/mol. The van der Waals surface area contributed by atoms with Crippen molar-refractivity contribution >= 4 is 58.1 Å². The molecule has 0 bridgehead atoms. The van der Waals surface area contributed by atoms with Crippen molar-refractivity contribution in [3.63, 3.8) is 0 Å². The number of unbranched alkanes of at least 4 members (excludes halogenated alkanes) is 1. The van der Waals surface area contributed by atoms with Gasteiger partial charge in [-0.15, -0.1) is 21.5 Å². The summed E-state index contributed by atoms with van der Waals surface area (Å²) in [6, 6.07) is 12.3. The molecule has 15 heteroatoms. The van der Waals surface area contributed by atoms with Crippen LogP contribution in [-0.4, -0.2) is 69.6 Å². The van der Waals surface area contributed by atoms with Crippen molar-refractivity contribution in [2.24, 2.45) is 16.8 Å². The summed E-state index contributed by atoms with van der Waals surface area (Å²) in [4.78, 5) is 69.8. The fourth-order valence-corrected chi connectivity index (χ4v) is 9.22. The van der Waals surface area contributed by atoms with Crippen molar-refractivity contribution in [3.05, 3.63) is 91.8 Å². The molecule has 3 aliphatic rings.